The Morgan fingerprint density at radius 1 is 1.11 bits per heavy atom. The third kappa shape index (κ3) is 3.04. The van der Waals surface area contributed by atoms with Crippen molar-refractivity contribution in [2.75, 3.05) is 25.3 Å². The van der Waals surface area contributed by atoms with Gasteiger partial charge in [0.25, 0.3) is 0 Å². The molecule has 1 aromatic carbocycles. The van der Waals surface area contributed by atoms with Crippen LogP contribution in [0.15, 0.2) is 24.3 Å². The molecule has 0 spiro atoms. The second kappa shape index (κ2) is 5.43. The van der Waals surface area contributed by atoms with Gasteiger partial charge in [-0.3, -0.25) is 0 Å². The highest BCUT2D eigenvalue weighted by Crippen LogP contribution is 2.28. The topological polar surface area (TPSA) is 82.3 Å². The Morgan fingerprint density at radius 3 is 2.58 bits per heavy atom. The molecule has 3 N–H and O–H groups in total. The number of nitrogens with zero attached hydrogens (tertiary/aromatic N) is 2. The molecule has 0 aliphatic carbocycles. The van der Waals surface area contributed by atoms with Crippen LogP contribution in [0.5, 0.6) is 11.6 Å². The maximum absolute atomic E-state index is 5.62. The third-order valence-corrected chi connectivity index (χ3v) is 2.55. The zero-order chi connectivity index (χ0) is 13.8. The molecule has 100 valence electrons. The fourth-order valence-electron chi connectivity index (χ4n) is 1.67. The van der Waals surface area contributed by atoms with E-state index in [4.69, 9.17) is 15.2 Å². The van der Waals surface area contributed by atoms with Gasteiger partial charge < -0.3 is 20.5 Å². The van der Waals surface area contributed by atoms with Crippen LogP contribution in [0.25, 0.3) is 0 Å². The van der Waals surface area contributed by atoms with Gasteiger partial charge in [-0.05, 0) is 24.6 Å². The SMILES string of the molecule is COc1cc(Nc2cc(C)ccc2OC)nc(N)n1. The zero-order valence-corrected chi connectivity index (χ0v) is 11.1. The average molecular weight is 260 g/mol. The molecule has 0 aliphatic heterocycles. The lowest BCUT2D eigenvalue weighted by molar-refractivity contribution is 0.398. The number of hydrogen-bond acceptors (Lipinski definition) is 6. The summed E-state index contributed by atoms with van der Waals surface area (Å²) in [7, 11) is 3.14. The van der Waals surface area contributed by atoms with E-state index in [1.165, 1.54) is 7.11 Å². The minimum absolute atomic E-state index is 0.147. The number of aromatic nitrogens is 2. The van der Waals surface area contributed by atoms with Gasteiger partial charge in [-0.15, -0.1) is 0 Å². The van der Waals surface area contributed by atoms with Gasteiger partial charge >= 0.3 is 0 Å². The van der Waals surface area contributed by atoms with Crippen LogP contribution in [-0.2, 0) is 0 Å². The van der Waals surface area contributed by atoms with E-state index in [1.54, 1.807) is 13.2 Å². The van der Waals surface area contributed by atoms with E-state index in [0.29, 0.717) is 11.7 Å². The fraction of sp³-hybridized carbons (Fsp3) is 0.231. The summed E-state index contributed by atoms with van der Waals surface area (Å²) < 4.78 is 10.3. The molecule has 19 heavy (non-hydrogen) atoms. The first-order valence-electron chi connectivity index (χ1n) is 5.72. The van der Waals surface area contributed by atoms with Crippen molar-refractivity contribution in [1.82, 2.24) is 9.97 Å². The summed E-state index contributed by atoms with van der Waals surface area (Å²) >= 11 is 0. The van der Waals surface area contributed by atoms with Crippen molar-refractivity contribution in [3.63, 3.8) is 0 Å². The molecule has 0 radical (unpaired) electrons. The summed E-state index contributed by atoms with van der Waals surface area (Å²) in [5.74, 6) is 1.82. The summed E-state index contributed by atoms with van der Waals surface area (Å²) in [6, 6.07) is 7.49. The van der Waals surface area contributed by atoms with Gasteiger partial charge in [0.05, 0.1) is 19.9 Å². The number of aryl methyl sites for hydroxylation is 1. The van der Waals surface area contributed by atoms with Crippen LogP contribution in [0.3, 0.4) is 0 Å². The predicted molar refractivity (Wildman–Crippen MR) is 74.0 cm³/mol. The molecule has 1 aromatic heterocycles. The maximum atomic E-state index is 5.62. The van der Waals surface area contributed by atoms with Gasteiger partial charge in [-0.25, -0.2) is 0 Å². The first-order chi connectivity index (χ1) is 9.12. The third-order valence-electron chi connectivity index (χ3n) is 2.55. The molecule has 0 fully saturated rings. The van der Waals surface area contributed by atoms with Gasteiger partial charge in [0.1, 0.15) is 11.6 Å². The Bertz CT molecular complexity index is 587. The lowest BCUT2D eigenvalue weighted by Crippen LogP contribution is -2.02. The monoisotopic (exact) mass is 260 g/mol. The van der Waals surface area contributed by atoms with Gasteiger partial charge in [-0.1, -0.05) is 6.07 Å². The summed E-state index contributed by atoms with van der Waals surface area (Å²) in [5, 5.41) is 3.14. The standard InChI is InChI=1S/C13H16N4O2/c1-8-4-5-10(18-2)9(6-8)15-11-7-12(19-3)17-13(14)16-11/h4-7H,1-3H3,(H3,14,15,16,17). The maximum Gasteiger partial charge on any atom is 0.225 e. The molecule has 0 aliphatic rings. The number of methoxy groups -OCH3 is 2. The quantitative estimate of drug-likeness (QED) is 0.876. The van der Waals surface area contributed by atoms with Crippen LogP contribution in [0, 0.1) is 6.92 Å². The van der Waals surface area contributed by atoms with Crippen LogP contribution in [0.1, 0.15) is 5.56 Å². The van der Waals surface area contributed by atoms with Crippen molar-refractivity contribution in [2.45, 2.75) is 6.92 Å². The summed E-state index contributed by atoms with van der Waals surface area (Å²) in [6.07, 6.45) is 0. The first-order valence-corrected chi connectivity index (χ1v) is 5.72. The first kappa shape index (κ1) is 12.9. The molecule has 0 saturated heterocycles. The Labute approximate surface area is 111 Å². The van der Waals surface area contributed by atoms with E-state index in [2.05, 4.69) is 15.3 Å². The highest BCUT2D eigenvalue weighted by Gasteiger charge is 2.07. The molecule has 0 saturated carbocycles. The molecule has 6 heteroatoms. The lowest BCUT2D eigenvalue weighted by Gasteiger charge is -2.12. The van der Waals surface area contributed by atoms with Crippen molar-refractivity contribution in [3.05, 3.63) is 29.8 Å². The number of hydrogen-bond donors (Lipinski definition) is 2. The summed E-state index contributed by atoms with van der Waals surface area (Å²) in [5.41, 5.74) is 7.53. The van der Waals surface area contributed by atoms with Gasteiger partial charge in [0, 0.05) is 6.07 Å². The van der Waals surface area contributed by atoms with Crippen molar-refractivity contribution in [1.29, 1.82) is 0 Å². The van der Waals surface area contributed by atoms with Crippen LogP contribution in [0.2, 0.25) is 0 Å². The van der Waals surface area contributed by atoms with E-state index in [-0.39, 0.29) is 5.95 Å². The number of nitrogens with one attached hydrogen (secondary N) is 1. The van der Waals surface area contributed by atoms with Gasteiger partial charge in [0.2, 0.25) is 11.8 Å². The van der Waals surface area contributed by atoms with E-state index >= 15 is 0 Å². The molecule has 0 amide bonds. The minimum Gasteiger partial charge on any atom is -0.495 e. The molecule has 2 rings (SSSR count). The average Bonchev–Trinajstić information content (AvgIpc) is 2.38. The lowest BCUT2D eigenvalue weighted by atomic mass is 10.2. The van der Waals surface area contributed by atoms with Crippen LogP contribution in [0.4, 0.5) is 17.5 Å². The summed E-state index contributed by atoms with van der Waals surface area (Å²) in [4.78, 5) is 8.03. The van der Waals surface area contributed by atoms with Gasteiger partial charge in [0.15, 0.2) is 0 Å². The van der Waals surface area contributed by atoms with Crippen LogP contribution < -0.4 is 20.5 Å². The number of nitrogens with two attached hydrogens (primary N) is 1. The Kier molecular flexibility index (Phi) is 3.70. The van der Waals surface area contributed by atoms with Crippen molar-refractivity contribution in [3.8, 4) is 11.6 Å². The highest BCUT2D eigenvalue weighted by atomic mass is 16.5. The predicted octanol–water partition coefficient (Wildman–Crippen LogP) is 2.13. The second-order valence-corrected chi connectivity index (χ2v) is 3.98. The van der Waals surface area contributed by atoms with E-state index in [9.17, 15) is 0 Å². The molecule has 0 unspecified atom stereocenters. The van der Waals surface area contributed by atoms with E-state index in [0.717, 1.165) is 17.0 Å². The Morgan fingerprint density at radius 2 is 1.89 bits per heavy atom. The number of ether oxygens (including phenoxy) is 2. The van der Waals surface area contributed by atoms with Crippen molar-refractivity contribution < 1.29 is 9.47 Å². The Balaban J connectivity index is 2.35. The van der Waals surface area contributed by atoms with Crippen LogP contribution >= 0.6 is 0 Å². The smallest absolute Gasteiger partial charge is 0.225 e. The van der Waals surface area contributed by atoms with E-state index < -0.39 is 0 Å². The van der Waals surface area contributed by atoms with Crippen LogP contribution in [-0.4, -0.2) is 24.2 Å². The molecule has 0 bridgehead atoms. The molecular weight excluding hydrogens is 244 g/mol. The van der Waals surface area contributed by atoms with Crippen molar-refractivity contribution in [2.24, 2.45) is 0 Å². The number of rotatable bonds is 4. The number of benzene rings is 1. The largest absolute Gasteiger partial charge is 0.495 e. The second-order valence-electron chi connectivity index (χ2n) is 3.98. The molecule has 2 aromatic rings. The minimum atomic E-state index is 0.147. The highest BCUT2D eigenvalue weighted by molar-refractivity contribution is 5.66. The fourth-order valence-corrected chi connectivity index (χ4v) is 1.67. The normalized spacial score (nSPS) is 10.1. The zero-order valence-electron chi connectivity index (χ0n) is 11.1. The number of nitrogen functional groups attached to an aromatic ring is 1. The Hall–Kier alpha value is -2.50. The molecule has 0 atom stereocenters. The number of anilines is 3. The molecular formula is C13H16N4O2. The van der Waals surface area contributed by atoms with Gasteiger partial charge in [-0.2, -0.15) is 9.97 Å². The molecule has 6 nitrogen and oxygen atoms in total. The summed E-state index contributed by atoms with van der Waals surface area (Å²) in [6.45, 7) is 2.00. The molecule has 1 heterocycles. The van der Waals surface area contributed by atoms with Crippen molar-refractivity contribution >= 4 is 17.5 Å². The van der Waals surface area contributed by atoms with E-state index in [1.807, 2.05) is 25.1 Å².